The second-order valence-electron chi connectivity index (χ2n) is 6.29. The van der Waals surface area contributed by atoms with Gasteiger partial charge in [0.05, 0.1) is 18.5 Å². The highest BCUT2D eigenvalue weighted by molar-refractivity contribution is 7.89. The molecule has 1 aliphatic heterocycles. The summed E-state index contributed by atoms with van der Waals surface area (Å²) in [6.45, 7) is 1.16. The Hall–Kier alpha value is -0.860. The Morgan fingerprint density at radius 3 is 2.57 bits per heavy atom. The van der Waals surface area contributed by atoms with Crippen LogP contribution in [0, 0.1) is 5.41 Å². The van der Waals surface area contributed by atoms with Crippen LogP contribution in [0.3, 0.4) is 0 Å². The summed E-state index contributed by atoms with van der Waals surface area (Å²) < 4.78 is 32.1. The fourth-order valence-electron chi connectivity index (χ4n) is 2.87. The molecular weight excluding hydrogens is 294 g/mol. The number of nitrogens with zero attached hydrogens (tertiary/aromatic N) is 1. The standard InChI is InChI=1S/C13H25N3O4S/c1-16(2)12(17)14-6-7-15-21(18,19)9-11-8-13(10-20-11)4-3-5-13/h11,15H,3-10H2,1-2H3,(H,14,17). The molecular formula is C13H25N3O4S. The summed E-state index contributed by atoms with van der Waals surface area (Å²) >= 11 is 0. The molecule has 1 spiro atoms. The number of rotatable bonds is 6. The lowest BCUT2D eigenvalue weighted by Crippen LogP contribution is -2.41. The molecule has 2 rings (SSSR count). The van der Waals surface area contributed by atoms with E-state index in [1.165, 1.54) is 11.3 Å². The molecule has 2 aliphatic rings. The number of nitrogens with one attached hydrogen (secondary N) is 2. The van der Waals surface area contributed by atoms with Gasteiger partial charge in [-0.2, -0.15) is 0 Å². The van der Waals surface area contributed by atoms with Gasteiger partial charge in [-0.1, -0.05) is 6.42 Å². The van der Waals surface area contributed by atoms with Gasteiger partial charge >= 0.3 is 6.03 Å². The number of carbonyl (C=O) groups excluding carboxylic acids is 1. The van der Waals surface area contributed by atoms with E-state index in [1.54, 1.807) is 14.1 Å². The predicted octanol–water partition coefficient (Wildman–Crippen LogP) is 0.136. The van der Waals surface area contributed by atoms with Crippen molar-refractivity contribution in [1.82, 2.24) is 14.9 Å². The van der Waals surface area contributed by atoms with E-state index in [4.69, 9.17) is 4.74 Å². The Kier molecular flexibility index (Phi) is 5.11. The highest BCUT2D eigenvalue weighted by atomic mass is 32.2. The van der Waals surface area contributed by atoms with Gasteiger partial charge in [0, 0.05) is 27.2 Å². The lowest BCUT2D eigenvalue weighted by atomic mass is 9.68. The maximum absolute atomic E-state index is 12.0. The molecule has 2 N–H and O–H groups in total. The molecule has 1 unspecified atom stereocenters. The molecule has 7 nitrogen and oxygen atoms in total. The number of sulfonamides is 1. The number of carbonyl (C=O) groups is 1. The SMILES string of the molecule is CN(C)C(=O)NCCNS(=O)(=O)CC1CC2(CCC2)CO1. The minimum absolute atomic E-state index is 0.0103. The zero-order valence-corrected chi connectivity index (χ0v) is 13.5. The molecule has 8 heteroatoms. The van der Waals surface area contributed by atoms with Gasteiger partial charge < -0.3 is 15.0 Å². The molecule has 122 valence electrons. The molecule has 2 fully saturated rings. The van der Waals surface area contributed by atoms with Crippen molar-refractivity contribution in [1.29, 1.82) is 0 Å². The molecule has 0 aromatic heterocycles. The average molecular weight is 319 g/mol. The molecule has 2 amide bonds. The fraction of sp³-hybridized carbons (Fsp3) is 0.923. The topological polar surface area (TPSA) is 87.7 Å². The molecule has 0 aromatic rings. The number of amides is 2. The number of hydrogen-bond donors (Lipinski definition) is 2. The van der Waals surface area contributed by atoms with Crippen LogP contribution in [0.1, 0.15) is 25.7 Å². The maximum atomic E-state index is 12.0. The van der Waals surface area contributed by atoms with E-state index in [0.29, 0.717) is 6.61 Å². The Labute approximate surface area is 126 Å². The van der Waals surface area contributed by atoms with Gasteiger partial charge in [-0.25, -0.2) is 17.9 Å². The number of hydrogen-bond acceptors (Lipinski definition) is 4. The van der Waals surface area contributed by atoms with Crippen molar-refractivity contribution < 1.29 is 17.9 Å². The Balaban J connectivity index is 1.67. The van der Waals surface area contributed by atoms with Crippen molar-refractivity contribution in [2.24, 2.45) is 5.41 Å². The first-order valence-corrected chi connectivity index (χ1v) is 9.01. The Morgan fingerprint density at radius 1 is 1.33 bits per heavy atom. The van der Waals surface area contributed by atoms with Gasteiger partial charge in [0.1, 0.15) is 0 Å². The lowest BCUT2D eigenvalue weighted by molar-refractivity contribution is 0.0750. The van der Waals surface area contributed by atoms with Crippen LogP contribution in [0.25, 0.3) is 0 Å². The number of urea groups is 1. The van der Waals surface area contributed by atoms with E-state index in [9.17, 15) is 13.2 Å². The van der Waals surface area contributed by atoms with Crippen LogP contribution >= 0.6 is 0 Å². The van der Waals surface area contributed by atoms with Crippen LogP contribution in [-0.4, -0.2) is 65.0 Å². The second-order valence-corrected chi connectivity index (χ2v) is 8.14. The molecule has 1 saturated carbocycles. The van der Waals surface area contributed by atoms with Gasteiger partial charge in [-0.05, 0) is 24.7 Å². The van der Waals surface area contributed by atoms with Crippen LogP contribution in [0.5, 0.6) is 0 Å². The van der Waals surface area contributed by atoms with E-state index in [2.05, 4.69) is 10.0 Å². The molecule has 21 heavy (non-hydrogen) atoms. The Morgan fingerprint density at radius 2 is 2.05 bits per heavy atom. The van der Waals surface area contributed by atoms with Gasteiger partial charge in [-0.3, -0.25) is 0 Å². The first kappa shape index (κ1) is 16.5. The van der Waals surface area contributed by atoms with Crippen LogP contribution < -0.4 is 10.0 Å². The predicted molar refractivity (Wildman–Crippen MR) is 79.5 cm³/mol. The monoisotopic (exact) mass is 319 g/mol. The van der Waals surface area contributed by atoms with Crippen molar-refractivity contribution in [3.05, 3.63) is 0 Å². The highest BCUT2D eigenvalue weighted by Gasteiger charge is 2.45. The van der Waals surface area contributed by atoms with Gasteiger partial charge in [0.15, 0.2) is 0 Å². The third kappa shape index (κ3) is 4.55. The summed E-state index contributed by atoms with van der Waals surface area (Å²) in [5.74, 6) is 0.0103. The van der Waals surface area contributed by atoms with Crippen LogP contribution in [0.15, 0.2) is 0 Å². The average Bonchev–Trinajstić information content (AvgIpc) is 2.77. The third-order valence-corrected chi connectivity index (χ3v) is 5.69. The van der Waals surface area contributed by atoms with Crippen LogP contribution in [-0.2, 0) is 14.8 Å². The zero-order valence-electron chi connectivity index (χ0n) is 12.7. The normalized spacial score (nSPS) is 23.8. The minimum Gasteiger partial charge on any atom is -0.377 e. The molecule has 1 aliphatic carbocycles. The van der Waals surface area contributed by atoms with Gasteiger partial charge in [0.2, 0.25) is 10.0 Å². The maximum Gasteiger partial charge on any atom is 0.316 e. The first-order chi connectivity index (χ1) is 9.82. The summed E-state index contributed by atoms with van der Waals surface area (Å²) in [5.41, 5.74) is 0.264. The summed E-state index contributed by atoms with van der Waals surface area (Å²) in [6, 6.07) is -0.236. The van der Waals surface area contributed by atoms with Crippen LogP contribution in [0.4, 0.5) is 4.79 Å². The first-order valence-electron chi connectivity index (χ1n) is 7.36. The molecule has 1 saturated heterocycles. The quantitative estimate of drug-likeness (QED) is 0.682. The zero-order chi connectivity index (χ0) is 15.5. The molecule has 0 aromatic carbocycles. The largest absolute Gasteiger partial charge is 0.377 e. The van der Waals surface area contributed by atoms with Crippen molar-refractivity contribution in [2.45, 2.75) is 31.8 Å². The highest BCUT2D eigenvalue weighted by Crippen LogP contribution is 2.49. The smallest absolute Gasteiger partial charge is 0.316 e. The van der Waals surface area contributed by atoms with E-state index in [0.717, 1.165) is 19.3 Å². The Bertz CT molecular complexity index is 474. The molecule has 0 bridgehead atoms. The van der Waals surface area contributed by atoms with Gasteiger partial charge in [0.25, 0.3) is 0 Å². The van der Waals surface area contributed by atoms with E-state index in [1.807, 2.05) is 0 Å². The van der Waals surface area contributed by atoms with Crippen molar-refractivity contribution in [3.63, 3.8) is 0 Å². The molecule has 1 heterocycles. The van der Waals surface area contributed by atoms with E-state index < -0.39 is 10.0 Å². The van der Waals surface area contributed by atoms with Crippen molar-refractivity contribution in [2.75, 3.05) is 39.5 Å². The van der Waals surface area contributed by atoms with Gasteiger partial charge in [-0.15, -0.1) is 0 Å². The van der Waals surface area contributed by atoms with Crippen LogP contribution in [0.2, 0.25) is 0 Å². The number of ether oxygens (including phenoxy) is 1. The third-order valence-electron chi connectivity index (χ3n) is 4.23. The van der Waals surface area contributed by atoms with Crippen molar-refractivity contribution in [3.8, 4) is 0 Å². The summed E-state index contributed by atoms with van der Waals surface area (Å²) in [7, 11) is -0.0931. The molecule has 1 atom stereocenters. The summed E-state index contributed by atoms with van der Waals surface area (Å²) in [6.07, 6.45) is 4.21. The lowest BCUT2D eigenvalue weighted by Gasteiger charge is -2.36. The minimum atomic E-state index is -3.36. The molecule has 0 radical (unpaired) electrons. The fourth-order valence-corrected chi connectivity index (χ4v) is 4.10. The van der Waals surface area contributed by atoms with Crippen molar-refractivity contribution >= 4 is 16.1 Å². The van der Waals surface area contributed by atoms with E-state index >= 15 is 0 Å². The summed E-state index contributed by atoms with van der Waals surface area (Å²) in [4.78, 5) is 12.7. The second kappa shape index (κ2) is 6.50. The van der Waals surface area contributed by atoms with E-state index in [-0.39, 0.29) is 36.4 Å². The summed E-state index contributed by atoms with van der Waals surface area (Å²) in [5, 5.41) is 2.61.